The number of amides is 1. The number of rotatable bonds is 6. The fourth-order valence-electron chi connectivity index (χ4n) is 0.968. The van der Waals surface area contributed by atoms with Gasteiger partial charge in [-0.15, -0.1) is 0 Å². The number of carbonyl (C=O) groups is 1. The van der Waals surface area contributed by atoms with Gasteiger partial charge in [-0.1, -0.05) is 23.8 Å². The van der Waals surface area contributed by atoms with E-state index in [2.05, 4.69) is 5.32 Å². The van der Waals surface area contributed by atoms with Gasteiger partial charge in [-0.25, -0.2) is 0 Å². The molecule has 17 heavy (non-hydrogen) atoms. The highest BCUT2D eigenvalue weighted by Gasteiger charge is 2.08. The first-order valence-electron chi connectivity index (χ1n) is 5.25. The van der Waals surface area contributed by atoms with Crippen molar-refractivity contribution in [3.63, 3.8) is 0 Å². The van der Waals surface area contributed by atoms with Crippen LogP contribution in [0.1, 0.15) is 13.8 Å². The number of hydrogen-bond acceptors (Lipinski definition) is 3. The molecule has 0 bridgehead atoms. The van der Waals surface area contributed by atoms with Crippen LogP contribution in [0.25, 0.3) is 0 Å². The number of aliphatic hydroxyl groups is 2. The van der Waals surface area contributed by atoms with Gasteiger partial charge in [0.05, 0.1) is 12.7 Å². The Morgan fingerprint density at radius 1 is 1.47 bits per heavy atom. The lowest BCUT2D eigenvalue weighted by atomic mass is 10.2. The average molecular weight is 260 g/mol. The van der Waals surface area contributed by atoms with Crippen molar-refractivity contribution in [2.24, 2.45) is 0 Å². The van der Waals surface area contributed by atoms with Crippen LogP contribution in [0.4, 0.5) is 0 Å². The third-order valence-electron chi connectivity index (χ3n) is 1.81. The standard InChI is InChI=1S/C12H18ClNO3/c1-3-4-10(6-5-9(2)13)12(17)14-7-11(16)8-15/h3-6,11,15-16H,7-8H2,1-2H3,(H,14,17)/b4-3+,9-5+,10-6+/t11-/m0/s1. The Labute approximate surface area is 106 Å². The van der Waals surface area contributed by atoms with Gasteiger partial charge in [0, 0.05) is 17.2 Å². The first-order chi connectivity index (χ1) is 8.01. The summed E-state index contributed by atoms with van der Waals surface area (Å²) in [6, 6.07) is 0. The van der Waals surface area contributed by atoms with Crippen molar-refractivity contribution in [3.8, 4) is 0 Å². The Morgan fingerprint density at radius 3 is 2.59 bits per heavy atom. The highest BCUT2D eigenvalue weighted by molar-refractivity contribution is 6.29. The molecule has 0 aromatic carbocycles. The molecule has 0 spiro atoms. The molecule has 3 N–H and O–H groups in total. The summed E-state index contributed by atoms with van der Waals surface area (Å²) in [7, 11) is 0. The van der Waals surface area contributed by atoms with Crippen molar-refractivity contribution < 1.29 is 15.0 Å². The van der Waals surface area contributed by atoms with Gasteiger partial charge in [-0.05, 0) is 26.0 Å². The molecule has 0 aromatic heterocycles. The predicted molar refractivity (Wildman–Crippen MR) is 68.6 cm³/mol. The molecule has 0 saturated carbocycles. The normalized spacial score (nSPS) is 15.1. The number of halogens is 1. The molecule has 0 aliphatic carbocycles. The highest BCUT2D eigenvalue weighted by Crippen LogP contribution is 2.03. The van der Waals surface area contributed by atoms with E-state index in [0.29, 0.717) is 10.6 Å². The molecule has 5 heteroatoms. The Hall–Kier alpha value is -1.10. The van der Waals surface area contributed by atoms with Crippen molar-refractivity contribution in [3.05, 3.63) is 34.9 Å². The molecule has 0 heterocycles. The van der Waals surface area contributed by atoms with Crippen LogP contribution >= 0.6 is 11.6 Å². The minimum Gasteiger partial charge on any atom is -0.394 e. The maximum absolute atomic E-state index is 11.7. The molecule has 4 nitrogen and oxygen atoms in total. The van der Waals surface area contributed by atoms with Crippen LogP contribution in [-0.2, 0) is 4.79 Å². The van der Waals surface area contributed by atoms with E-state index in [1.165, 1.54) is 0 Å². The zero-order valence-electron chi connectivity index (χ0n) is 9.98. The van der Waals surface area contributed by atoms with Gasteiger partial charge in [-0.3, -0.25) is 4.79 Å². The van der Waals surface area contributed by atoms with Crippen LogP contribution in [0.2, 0.25) is 0 Å². The van der Waals surface area contributed by atoms with E-state index in [4.69, 9.17) is 21.8 Å². The number of aliphatic hydroxyl groups excluding tert-OH is 2. The number of carbonyl (C=O) groups excluding carboxylic acids is 1. The van der Waals surface area contributed by atoms with Crippen LogP contribution in [-0.4, -0.2) is 35.4 Å². The number of hydrogen-bond donors (Lipinski definition) is 3. The minimum absolute atomic E-state index is 0.00774. The van der Waals surface area contributed by atoms with Crippen molar-refractivity contribution in [2.45, 2.75) is 20.0 Å². The molecule has 96 valence electrons. The lowest BCUT2D eigenvalue weighted by Gasteiger charge is -2.09. The SMILES string of the molecule is C/C=C/C(=C\C=C(/C)Cl)C(=O)NC[C@H](O)CO. The van der Waals surface area contributed by atoms with Crippen molar-refractivity contribution in [2.75, 3.05) is 13.2 Å². The van der Waals surface area contributed by atoms with Crippen LogP contribution in [0.3, 0.4) is 0 Å². The van der Waals surface area contributed by atoms with Gasteiger partial charge in [0.2, 0.25) is 0 Å². The average Bonchev–Trinajstić information content (AvgIpc) is 2.30. The molecular formula is C12H18ClNO3. The summed E-state index contributed by atoms with van der Waals surface area (Å²) in [5.41, 5.74) is 0.428. The fourth-order valence-corrected chi connectivity index (χ4v) is 1.03. The summed E-state index contributed by atoms with van der Waals surface area (Å²) in [6.45, 7) is 3.12. The van der Waals surface area contributed by atoms with Crippen LogP contribution < -0.4 is 5.32 Å². The number of allylic oxidation sites excluding steroid dienone is 4. The third kappa shape index (κ3) is 7.74. The lowest BCUT2D eigenvalue weighted by Crippen LogP contribution is -2.34. The van der Waals surface area contributed by atoms with Crippen LogP contribution in [0, 0.1) is 0 Å². The molecule has 1 amide bonds. The molecule has 0 unspecified atom stereocenters. The first-order valence-corrected chi connectivity index (χ1v) is 5.63. The van der Waals surface area contributed by atoms with Crippen molar-refractivity contribution in [1.82, 2.24) is 5.32 Å². The maximum Gasteiger partial charge on any atom is 0.251 e. The minimum atomic E-state index is -0.948. The largest absolute Gasteiger partial charge is 0.394 e. The second-order valence-corrected chi connectivity index (χ2v) is 4.02. The topological polar surface area (TPSA) is 69.6 Å². The molecule has 0 radical (unpaired) electrons. The van der Waals surface area contributed by atoms with E-state index in [9.17, 15) is 4.79 Å². The Balaban J connectivity index is 4.56. The van der Waals surface area contributed by atoms with Gasteiger partial charge >= 0.3 is 0 Å². The Bertz CT molecular complexity index is 331. The molecule has 0 aromatic rings. The van der Waals surface area contributed by atoms with Gasteiger partial charge < -0.3 is 15.5 Å². The van der Waals surface area contributed by atoms with Crippen LogP contribution in [0.5, 0.6) is 0 Å². The summed E-state index contributed by atoms with van der Waals surface area (Å²) < 4.78 is 0. The second-order valence-electron chi connectivity index (χ2n) is 3.42. The smallest absolute Gasteiger partial charge is 0.251 e. The van der Waals surface area contributed by atoms with E-state index in [-0.39, 0.29) is 19.1 Å². The van der Waals surface area contributed by atoms with E-state index in [1.54, 1.807) is 38.2 Å². The molecule has 0 aliphatic heterocycles. The summed E-state index contributed by atoms with van der Waals surface area (Å²) in [4.78, 5) is 11.7. The number of nitrogens with one attached hydrogen (secondary N) is 1. The molecule has 0 rings (SSSR count). The van der Waals surface area contributed by atoms with Gasteiger partial charge in [-0.2, -0.15) is 0 Å². The lowest BCUT2D eigenvalue weighted by molar-refractivity contribution is -0.117. The van der Waals surface area contributed by atoms with E-state index in [0.717, 1.165) is 0 Å². The molecule has 0 saturated heterocycles. The predicted octanol–water partition coefficient (Wildman–Crippen LogP) is 1.10. The summed E-state index contributed by atoms with van der Waals surface area (Å²) >= 11 is 5.66. The monoisotopic (exact) mass is 259 g/mol. The quantitative estimate of drug-likeness (QED) is 0.494. The van der Waals surface area contributed by atoms with Gasteiger partial charge in [0.1, 0.15) is 0 Å². The molecule has 0 fully saturated rings. The van der Waals surface area contributed by atoms with Gasteiger partial charge in [0.25, 0.3) is 5.91 Å². The van der Waals surface area contributed by atoms with Crippen LogP contribution in [0.15, 0.2) is 34.9 Å². The Kier molecular flexibility index (Phi) is 8.40. The van der Waals surface area contributed by atoms with E-state index >= 15 is 0 Å². The molecule has 0 aliphatic rings. The molecular weight excluding hydrogens is 242 g/mol. The van der Waals surface area contributed by atoms with Gasteiger partial charge in [0.15, 0.2) is 0 Å². The highest BCUT2D eigenvalue weighted by atomic mass is 35.5. The Morgan fingerprint density at radius 2 is 2.12 bits per heavy atom. The third-order valence-corrected chi connectivity index (χ3v) is 1.94. The van der Waals surface area contributed by atoms with E-state index in [1.807, 2.05) is 0 Å². The summed E-state index contributed by atoms with van der Waals surface area (Å²) in [6.07, 6.45) is 5.61. The summed E-state index contributed by atoms with van der Waals surface area (Å²) in [5, 5.41) is 20.8. The maximum atomic E-state index is 11.7. The van der Waals surface area contributed by atoms with Crippen molar-refractivity contribution >= 4 is 17.5 Å². The van der Waals surface area contributed by atoms with E-state index < -0.39 is 6.10 Å². The zero-order chi connectivity index (χ0) is 13.3. The fraction of sp³-hybridized carbons (Fsp3) is 0.417. The second kappa shape index (κ2) is 8.98. The zero-order valence-corrected chi connectivity index (χ0v) is 10.7. The molecule has 1 atom stereocenters. The summed E-state index contributed by atoms with van der Waals surface area (Å²) in [5.74, 6) is -0.329. The van der Waals surface area contributed by atoms with Crippen molar-refractivity contribution in [1.29, 1.82) is 0 Å². The first kappa shape index (κ1) is 15.9.